The molecule has 2 aromatic rings. The fourth-order valence-electron chi connectivity index (χ4n) is 5.23. The molecule has 2 atom stereocenters. The molecule has 1 saturated heterocycles. The lowest BCUT2D eigenvalue weighted by molar-refractivity contribution is -0.122. The zero-order valence-electron chi connectivity index (χ0n) is 17.1. The van der Waals surface area contributed by atoms with E-state index in [4.69, 9.17) is 0 Å². The zero-order valence-corrected chi connectivity index (χ0v) is 17.1. The molecule has 1 fully saturated rings. The van der Waals surface area contributed by atoms with Crippen LogP contribution in [-0.4, -0.2) is 34.8 Å². The molecule has 0 unspecified atom stereocenters. The summed E-state index contributed by atoms with van der Waals surface area (Å²) in [6.07, 6.45) is 3.06. The summed E-state index contributed by atoms with van der Waals surface area (Å²) in [7, 11) is 0. The summed E-state index contributed by atoms with van der Waals surface area (Å²) in [5.41, 5.74) is 2.96. The van der Waals surface area contributed by atoms with Gasteiger partial charge in [0.1, 0.15) is 5.66 Å². The van der Waals surface area contributed by atoms with Crippen molar-refractivity contribution in [3.8, 4) is 0 Å². The first kappa shape index (κ1) is 18.9. The van der Waals surface area contributed by atoms with Gasteiger partial charge in [0.25, 0.3) is 5.91 Å². The van der Waals surface area contributed by atoms with Crippen molar-refractivity contribution in [3.63, 3.8) is 0 Å². The van der Waals surface area contributed by atoms with E-state index in [1.54, 1.807) is 15.9 Å². The van der Waals surface area contributed by atoms with E-state index >= 15 is 0 Å². The average molecular weight is 403 g/mol. The van der Waals surface area contributed by atoms with Crippen molar-refractivity contribution in [2.75, 3.05) is 11.4 Å². The number of para-hydroxylation sites is 1. The molecule has 1 aliphatic carbocycles. The number of nitrogens with one attached hydrogen (secondary N) is 1. The first-order chi connectivity index (χ1) is 14.5. The Kier molecular flexibility index (Phi) is 4.38. The van der Waals surface area contributed by atoms with E-state index in [0.717, 1.165) is 12.8 Å². The number of fused-ring (bicyclic) bond motifs is 4. The van der Waals surface area contributed by atoms with Crippen LogP contribution in [0.5, 0.6) is 0 Å². The van der Waals surface area contributed by atoms with Crippen LogP contribution in [0.3, 0.4) is 0 Å². The van der Waals surface area contributed by atoms with E-state index in [2.05, 4.69) is 17.4 Å². The second kappa shape index (κ2) is 6.97. The van der Waals surface area contributed by atoms with Crippen LogP contribution in [0.15, 0.2) is 48.5 Å². The number of anilines is 1. The summed E-state index contributed by atoms with van der Waals surface area (Å²) in [5.74, 6) is -0.157. The van der Waals surface area contributed by atoms with Gasteiger partial charge in [-0.25, -0.2) is 0 Å². The highest BCUT2D eigenvalue weighted by molar-refractivity contribution is 6.10. The normalized spacial score (nSPS) is 24.5. The summed E-state index contributed by atoms with van der Waals surface area (Å²) in [6.45, 7) is 2.21. The van der Waals surface area contributed by atoms with Crippen molar-refractivity contribution < 1.29 is 14.4 Å². The van der Waals surface area contributed by atoms with Crippen LogP contribution in [0.2, 0.25) is 0 Å². The molecule has 0 saturated carbocycles. The lowest BCUT2D eigenvalue weighted by Gasteiger charge is -2.48. The molecule has 2 aliphatic heterocycles. The van der Waals surface area contributed by atoms with Gasteiger partial charge in [-0.1, -0.05) is 36.4 Å². The third-order valence-corrected chi connectivity index (χ3v) is 6.78. The van der Waals surface area contributed by atoms with Crippen molar-refractivity contribution in [1.29, 1.82) is 0 Å². The molecule has 154 valence electrons. The van der Waals surface area contributed by atoms with Gasteiger partial charge in [-0.3, -0.25) is 19.3 Å². The van der Waals surface area contributed by atoms with E-state index < -0.39 is 5.66 Å². The minimum absolute atomic E-state index is 0.0227. The summed E-state index contributed by atoms with van der Waals surface area (Å²) < 4.78 is 0. The Morgan fingerprint density at radius 2 is 1.87 bits per heavy atom. The second-order valence-electron chi connectivity index (χ2n) is 8.53. The summed E-state index contributed by atoms with van der Waals surface area (Å²) >= 11 is 0. The Balaban J connectivity index is 1.33. The largest absolute Gasteiger partial charge is 0.349 e. The third kappa shape index (κ3) is 2.82. The fraction of sp³-hybridized carbons (Fsp3) is 0.375. The first-order valence-electron chi connectivity index (χ1n) is 10.6. The molecule has 1 N–H and O–H groups in total. The molecule has 3 aliphatic rings. The predicted octanol–water partition coefficient (Wildman–Crippen LogP) is 3.18. The van der Waals surface area contributed by atoms with Gasteiger partial charge < -0.3 is 10.2 Å². The number of benzene rings is 2. The molecule has 0 aromatic heterocycles. The molecule has 0 radical (unpaired) electrons. The molecule has 2 aromatic carbocycles. The number of hydrogen-bond acceptors (Lipinski definition) is 3. The Bertz CT molecular complexity index is 1050. The topological polar surface area (TPSA) is 69.7 Å². The van der Waals surface area contributed by atoms with Gasteiger partial charge in [0.05, 0.1) is 17.3 Å². The van der Waals surface area contributed by atoms with Crippen LogP contribution in [0, 0.1) is 0 Å². The Hall–Kier alpha value is -3.15. The molecule has 0 spiro atoms. The SMILES string of the molecule is C[C@]12CCC(=O)N1c1ccccc1C(=O)N2CCC(=O)N[C@H]1CCc2ccccc21. The van der Waals surface area contributed by atoms with Gasteiger partial charge in [-0.2, -0.15) is 0 Å². The van der Waals surface area contributed by atoms with Crippen LogP contribution in [0.1, 0.15) is 60.1 Å². The number of nitrogens with zero attached hydrogens (tertiary/aromatic N) is 2. The number of rotatable bonds is 4. The predicted molar refractivity (Wildman–Crippen MR) is 113 cm³/mol. The fourth-order valence-corrected chi connectivity index (χ4v) is 5.23. The van der Waals surface area contributed by atoms with Crippen LogP contribution < -0.4 is 10.2 Å². The van der Waals surface area contributed by atoms with E-state index in [1.165, 1.54) is 11.1 Å². The maximum Gasteiger partial charge on any atom is 0.257 e. The Morgan fingerprint density at radius 3 is 2.73 bits per heavy atom. The van der Waals surface area contributed by atoms with Gasteiger partial charge in [-0.05, 0) is 49.4 Å². The quantitative estimate of drug-likeness (QED) is 0.852. The Morgan fingerprint density at radius 1 is 1.10 bits per heavy atom. The molecule has 6 heteroatoms. The highest BCUT2D eigenvalue weighted by Crippen LogP contribution is 2.44. The van der Waals surface area contributed by atoms with Crippen molar-refractivity contribution in [2.24, 2.45) is 0 Å². The van der Waals surface area contributed by atoms with Crippen molar-refractivity contribution >= 4 is 23.4 Å². The van der Waals surface area contributed by atoms with Crippen molar-refractivity contribution in [1.82, 2.24) is 10.2 Å². The van der Waals surface area contributed by atoms with Crippen LogP contribution in [0.4, 0.5) is 5.69 Å². The monoisotopic (exact) mass is 403 g/mol. The van der Waals surface area contributed by atoms with E-state index in [0.29, 0.717) is 24.1 Å². The van der Waals surface area contributed by atoms with Gasteiger partial charge >= 0.3 is 0 Å². The summed E-state index contributed by atoms with van der Waals surface area (Å²) in [5, 5.41) is 3.13. The third-order valence-electron chi connectivity index (χ3n) is 6.78. The van der Waals surface area contributed by atoms with Crippen molar-refractivity contribution in [2.45, 2.75) is 50.7 Å². The molecule has 5 rings (SSSR count). The number of carbonyl (C=O) groups excluding carboxylic acids is 3. The molecular formula is C24H25N3O3. The van der Waals surface area contributed by atoms with Gasteiger partial charge in [-0.15, -0.1) is 0 Å². The van der Waals surface area contributed by atoms with E-state index in [9.17, 15) is 14.4 Å². The molecular weight excluding hydrogens is 378 g/mol. The molecule has 3 amide bonds. The van der Waals surface area contributed by atoms with Gasteiger partial charge in [0.2, 0.25) is 11.8 Å². The lowest BCUT2D eigenvalue weighted by atomic mass is 9.98. The first-order valence-corrected chi connectivity index (χ1v) is 10.6. The average Bonchev–Trinajstić information content (AvgIpc) is 3.29. The lowest BCUT2D eigenvalue weighted by Crippen LogP contribution is -2.62. The highest BCUT2D eigenvalue weighted by Gasteiger charge is 2.52. The summed E-state index contributed by atoms with van der Waals surface area (Å²) in [4.78, 5) is 42.1. The number of aryl methyl sites for hydroxylation is 1. The van der Waals surface area contributed by atoms with E-state index in [-0.39, 0.29) is 36.7 Å². The Labute approximate surface area is 175 Å². The van der Waals surface area contributed by atoms with Crippen LogP contribution in [0.25, 0.3) is 0 Å². The maximum absolute atomic E-state index is 13.2. The highest BCUT2D eigenvalue weighted by atomic mass is 16.2. The second-order valence-corrected chi connectivity index (χ2v) is 8.53. The minimum Gasteiger partial charge on any atom is -0.349 e. The minimum atomic E-state index is -0.719. The smallest absolute Gasteiger partial charge is 0.257 e. The maximum atomic E-state index is 13.2. The molecule has 0 bridgehead atoms. The molecule has 2 heterocycles. The van der Waals surface area contributed by atoms with E-state index in [1.807, 2.05) is 37.3 Å². The van der Waals surface area contributed by atoms with Gasteiger partial charge in [0.15, 0.2) is 0 Å². The summed E-state index contributed by atoms with van der Waals surface area (Å²) in [6, 6.07) is 15.5. The molecule has 6 nitrogen and oxygen atoms in total. The zero-order chi connectivity index (χ0) is 20.9. The van der Waals surface area contributed by atoms with Crippen molar-refractivity contribution in [3.05, 3.63) is 65.2 Å². The standard InChI is InChI=1S/C24H25N3O3/c1-24-14-12-22(29)27(24)20-9-5-4-8-18(20)23(30)26(24)15-13-21(28)25-19-11-10-16-6-2-3-7-17(16)19/h2-9,19H,10-15H2,1H3,(H,25,28)/t19-,24+/m0/s1. The van der Waals surface area contributed by atoms with Crippen LogP contribution >= 0.6 is 0 Å². The number of carbonyl (C=O) groups is 3. The van der Waals surface area contributed by atoms with Crippen LogP contribution in [-0.2, 0) is 16.0 Å². The molecule has 30 heavy (non-hydrogen) atoms. The van der Waals surface area contributed by atoms with Gasteiger partial charge in [0, 0.05) is 19.4 Å². The number of amides is 3. The number of hydrogen-bond donors (Lipinski definition) is 1.